The highest BCUT2D eigenvalue weighted by Gasteiger charge is 2.22. The molecule has 0 amide bonds. The Balaban J connectivity index is 1.47. The zero-order valence-electron chi connectivity index (χ0n) is 21.2. The van der Waals surface area contributed by atoms with Gasteiger partial charge in [0.15, 0.2) is 0 Å². The Labute approximate surface area is 229 Å². The minimum atomic E-state index is -4.01. The SMILES string of the molecule is O=S(=O)(Nc1ccc(N2CCCNCC2)cc1NS(=O)(=O)c1ccccc1)c1ccc(-c2ccccc2)cc1. The van der Waals surface area contributed by atoms with Gasteiger partial charge in [0.2, 0.25) is 0 Å². The Morgan fingerprint density at radius 3 is 1.87 bits per heavy atom. The van der Waals surface area contributed by atoms with Gasteiger partial charge < -0.3 is 10.2 Å². The van der Waals surface area contributed by atoms with Crippen LogP contribution in [-0.4, -0.2) is 43.0 Å². The van der Waals surface area contributed by atoms with E-state index >= 15 is 0 Å². The summed E-state index contributed by atoms with van der Waals surface area (Å²) in [6, 6.07) is 29.3. The van der Waals surface area contributed by atoms with Crippen LogP contribution in [0.4, 0.5) is 17.1 Å². The fourth-order valence-corrected chi connectivity index (χ4v) is 6.64. The molecule has 0 radical (unpaired) electrons. The van der Waals surface area contributed by atoms with E-state index in [0.717, 1.165) is 49.4 Å². The summed E-state index contributed by atoms with van der Waals surface area (Å²) in [4.78, 5) is 2.31. The minimum absolute atomic E-state index is 0.0710. The van der Waals surface area contributed by atoms with Crippen LogP contribution in [0.3, 0.4) is 0 Å². The molecule has 0 saturated carbocycles. The van der Waals surface area contributed by atoms with Crippen molar-refractivity contribution in [2.45, 2.75) is 16.2 Å². The summed E-state index contributed by atoms with van der Waals surface area (Å²) >= 11 is 0. The van der Waals surface area contributed by atoms with Crippen LogP contribution in [0.2, 0.25) is 0 Å². The number of anilines is 3. The highest BCUT2D eigenvalue weighted by atomic mass is 32.2. The molecule has 0 unspecified atom stereocenters. The van der Waals surface area contributed by atoms with Crippen LogP contribution < -0.4 is 19.7 Å². The molecular weight excluding hydrogens is 532 g/mol. The third kappa shape index (κ3) is 6.42. The number of sulfonamides is 2. The standard InChI is InChI=1S/C29H30N4O4S2/c34-38(35,26-10-5-2-6-11-26)32-29-22-25(33-20-7-18-30-19-21-33)14-17-28(29)31-39(36,37)27-15-12-24(13-16-27)23-8-3-1-4-9-23/h1-6,8-17,22,30-32H,7,18-21H2. The van der Waals surface area contributed by atoms with Crippen LogP contribution >= 0.6 is 0 Å². The van der Waals surface area contributed by atoms with Crippen molar-refractivity contribution in [2.24, 2.45) is 0 Å². The molecule has 1 aliphatic heterocycles. The summed E-state index contributed by atoms with van der Waals surface area (Å²) in [6.07, 6.45) is 0.943. The van der Waals surface area contributed by atoms with Gasteiger partial charge in [0, 0.05) is 25.3 Å². The number of nitrogens with one attached hydrogen (secondary N) is 3. The summed E-state index contributed by atoms with van der Waals surface area (Å²) in [5.41, 5.74) is 2.96. The molecule has 0 aromatic heterocycles. The van der Waals surface area contributed by atoms with Crippen molar-refractivity contribution in [1.29, 1.82) is 0 Å². The lowest BCUT2D eigenvalue weighted by Crippen LogP contribution is -2.28. The van der Waals surface area contributed by atoms with Crippen LogP contribution in [0.25, 0.3) is 11.1 Å². The second-order valence-electron chi connectivity index (χ2n) is 9.23. The van der Waals surface area contributed by atoms with Crippen molar-refractivity contribution in [3.8, 4) is 11.1 Å². The van der Waals surface area contributed by atoms with Gasteiger partial charge >= 0.3 is 0 Å². The van der Waals surface area contributed by atoms with Crippen LogP contribution in [-0.2, 0) is 20.0 Å². The predicted molar refractivity (Wildman–Crippen MR) is 156 cm³/mol. The molecule has 0 atom stereocenters. The highest BCUT2D eigenvalue weighted by molar-refractivity contribution is 7.93. The molecule has 3 N–H and O–H groups in total. The first-order valence-electron chi connectivity index (χ1n) is 12.7. The van der Waals surface area contributed by atoms with Crippen molar-refractivity contribution >= 4 is 37.1 Å². The Morgan fingerprint density at radius 1 is 0.590 bits per heavy atom. The Morgan fingerprint density at radius 2 is 1.18 bits per heavy atom. The molecule has 1 fully saturated rings. The molecule has 1 aliphatic rings. The fourth-order valence-electron chi connectivity index (χ4n) is 4.47. The number of nitrogens with zero attached hydrogens (tertiary/aromatic N) is 1. The first-order valence-corrected chi connectivity index (χ1v) is 15.6. The molecule has 0 aliphatic carbocycles. The second-order valence-corrected chi connectivity index (χ2v) is 12.6. The second kappa shape index (κ2) is 11.5. The van der Waals surface area contributed by atoms with E-state index in [1.807, 2.05) is 36.4 Å². The van der Waals surface area contributed by atoms with Gasteiger partial charge in [-0.1, -0.05) is 60.7 Å². The molecule has 8 nitrogen and oxygen atoms in total. The molecular formula is C29H30N4O4S2. The average molecular weight is 563 g/mol. The van der Waals surface area contributed by atoms with Crippen molar-refractivity contribution < 1.29 is 16.8 Å². The maximum Gasteiger partial charge on any atom is 0.261 e. The van der Waals surface area contributed by atoms with Crippen LogP contribution in [0.5, 0.6) is 0 Å². The van der Waals surface area contributed by atoms with Crippen molar-refractivity contribution in [3.63, 3.8) is 0 Å². The molecule has 4 aromatic carbocycles. The van der Waals surface area contributed by atoms with Gasteiger partial charge in [0.25, 0.3) is 20.0 Å². The summed E-state index contributed by atoms with van der Waals surface area (Å²) in [7, 11) is -7.97. The van der Waals surface area contributed by atoms with E-state index in [0.29, 0.717) is 0 Å². The number of rotatable bonds is 8. The summed E-state index contributed by atoms with van der Waals surface area (Å²) in [6.45, 7) is 3.27. The Kier molecular flexibility index (Phi) is 7.87. The van der Waals surface area contributed by atoms with E-state index in [9.17, 15) is 16.8 Å². The Bertz CT molecular complexity index is 1620. The van der Waals surface area contributed by atoms with Crippen LogP contribution in [0.15, 0.2) is 113 Å². The maximum absolute atomic E-state index is 13.4. The van der Waals surface area contributed by atoms with Crippen molar-refractivity contribution in [1.82, 2.24) is 5.32 Å². The van der Waals surface area contributed by atoms with Gasteiger partial charge in [-0.3, -0.25) is 9.44 Å². The summed E-state index contributed by atoms with van der Waals surface area (Å²) < 4.78 is 58.3. The summed E-state index contributed by atoms with van der Waals surface area (Å²) in [5, 5.41) is 3.35. The molecule has 1 heterocycles. The van der Waals surface area contributed by atoms with E-state index in [4.69, 9.17) is 0 Å². The molecule has 0 spiro atoms. The third-order valence-corrected chi connectivity index (χ3v) is 9.29. The zero-order valence-corrected chi connectivity index (χ0v) is 22.9. The topological polar surface area (TPSA) is 108 Å². The maximum atomic E-state index is 13.4. The molecule has 0 bridgehead atoms. The largest absolute Gasteiger partial charge is 0.370 e. The molecule has 10 heteroatoms. The molecule has 202 valence electrons. The molecule has 4 aromatic rings. The van der Waals surface area contributed by atoms with Gasteiger partial charge in [-0.2, -0.15) is 0 Å². The highest BCUT2D eigenvalue weighted by Crippen LogP contribution is 2.32. The predicted octanol–water partition coefficient (Wildman–Crippen LogP) is 4.75. The first-order chi connectivity index (χ1) is 18.8. The lowest BCUT2D eigenvalue weighted by molar-refractivity contribution is 0.599. The molecule has 5 rings (SSSR count). The van der Waals surface area contributed by atoms with Gasteiger partial charge in [-0.25, -0.2) is 16.8 Å². The van der Waals surface area contributed by atoms with Gasteiger partial charge in [-0.15, -0.1) is 0 Å². The van der Waals surface area contributed by atoms with Gasteiger partial charge in [-0.05, 0) is 66.6 Å². The lowest BCUT2D eigenvalue weighted by Gasteiger charge is -2.24. The van der Waals surface area contributed by atoms with E-state index in [-0.39, 0.29) is 21.2 Å². The van der Waals surface area contributed by atoms with Gasteiger partial charge in [0.1, 0.15) is 0 Å². The van der Waals surface area contributed by atoms with E-state index in [1.165, 1.54) is 24.3 Å². The number of hydrogen-bond acceptors (Lipinski definition) is 6. The first kappa shape index (κ1) is 26.7. The minimum Gasteiger partial charge on any atom is -0.370 e. The molecule has 1 saturated heterocycles. The Hall–Kier alpha value is -3.86. The van der Waals surface area contributed by atoms with E-state index in [1.54, 1.807) is 42.5 Å². The average Bonchev–Trinajstić information content (AvgIpc) is 3.25. The number of benzene rings is 4. The van der Waals surface area contributed by atoms with Crippen LogP contribution in [0, 0.1) is 0 Å². The normalized spacial score (nSPS) is 14.4. The lowest BCUT2D eigenvalue weighted by atomic mass is 10.1. The van der Waals surface area contributed by atoms with Gasteiger partial charge in [0.05, 0.1) is 21.2 Å². The number of hydrogen-bond donors (Lipinski definition) is 3. The van der Waals surface area contributed by atoms with E-state index in [2.05, 4.69) is 19.7 Å². The van der Waals surface area contributed by atoms with Crippen molar-refractivity contribution in [2.75, 3.05) is 40.5 Å². The molecule has 39 heavy (non-hydrogen) atoms. The zero-order chi connectivity index (χ0) is 27.3. The van der Waals surface area contributed by atoms with E-state index < -0.39 is 20.0 Å². The quantitative estimate of drug-likeness (QED) is 0.286. The fraction of sp³-hybridized carbons (Fsp3) is 0.172. The van der Waals surface area contributed by atoms with Crippen molar-refractivity contribution in [3.05, 3.63) is 103 Å². The van der Waals surface area contributed by atoms with Crippen LogP contribution in [0.1, 0.15) is 6.42 Å². The smallest absolute Gasteiger partial charge is 0.261 e. The summed E-state index contributed by atoms with van der Waals surface area (Å²) in [5.74, 6) is 0. The monoisotopic (exact) mass is 562 g/mol. The third-order valence-electron chi connectivity index (χ3n) is 6.52.